The number of fused-ring (bicyclic) bond motifs is 1. The van der Waals surface area contributed by atoms with Gasteiger partial charge in [0.05, 0.1) is 9.72 Å². The van der Waals surface area contributed by atoms with Gasteiger partial charge in [0.1, 0.15) is 0 Å². The zero-order chi connectivity index (χ0) is 9.42. The lowest BCUT2D eigenvalue weighted by Gasteiger charge is -1.94. The van der Waals surface area contributed by atoms with Crippen LogP contribution in [-0.4, -0.2) is 0 Å². The van der Waals surface area contributed by atoms with Crippen molar-refractivity contribution in [2.75, 3.05) is 0 Å². The van der Waals surface area contributed by atoms with Gasteiger partial charge < -0.3 is 0 Å². The summed E-state index contributed by atoms with van der Waals surface area (Å²) in [6, 6.07) is 6.13. The largest absolute Gasteiger partial charge is 0.143 e. The van der Waals surface area contributed by atoms with Crippen molar-refractivity contribution >= 4 is 45.7 Å². The number of hydrogen-bond donors (Lipinski definition) is 1. The fourth-order valence-corrected chi connectivity index (χ4v) is 2.99. The zero-order valence-electron chi connectivity index (χ0n) is 7.17. The zero-order valence-corrected chi connectivity index (χ0v) is 9.64. The third-order valence-electron chi connectivity index (χ3n) is 1.96. The van der Waals surface area contributed by atoms with Crippen LogP contribution in [0.15, 0.2) is 23.1 Å². The topological polar surface area (TPSA) is 0 Å². The summed E-state index contributed by atoms with van der Waals surface area (Å²) in [4.78, 5) is 2.30. The van der Waals surface area contributed by atoms with E-state index in [9.17, 15) is 0 Å². The van der Waals surface area contributed by atoms with Crippen molar-refractivity contribution in [1.29, 1.82) is 0 Å². The van der Waals surface area contributed by atoms with Crippen LogP contribution in [0.3, 0.4) is 0 Å². The van der Waals surface area contributed by atoms with E-state index in [0.717, 1.165) is 16.3 Å². The Morgan fingerprint density at radius 3 is 2.85 bits per heavy atom. The van der Waals surface area contributed by atoms with E-state index in [0.29, 0.717) is 0 Å². The van der Waals surface area contributed by atoms with Crippen molar-refractivity contribution in [2.24, 2.45) is 0 Å². The Kier molecular flexibility index (Phi) is 2.54. The van der Waals surface area contributed by atoms with Crippen molar-refractivity contribution in [3.8, 4) is 0 Å². The van der Waals surface area contributed by atoms with Crippen LogP contribution in [0, 0.1) is 0 Å². The van der Waals surface area contributed by atoms with Gasteiger partial charge in [0.2, 0.25) is 0 Å². The van der Waals surface area contributed by atoms with E-state index in [1.165, 1.54) is 15.0 Å². The quantitative estimate of drug-likeness (QED) is 0.687. The van der Waals surface area contributed by atoms with E-state index >= 15 is 0 Å². The number of thiol groups is 1. The average molecular weight is 229 g/mol. The summed E-state index contributed by atoms with van der Waals surface area (Å²) in [5.74, 6) is 0. The van der Waals surface area contributed by atoms with Gasteiger partial charge in [-0.05, 0) is 30.0 Å². The highest BCUT2D eigenvalue weighted by Crippen LogP contribution is 2.34. The number of hydrogen-bond acceptors (Lipinski definition) is 2. The van der Waals surface area contributed by atoms with E-state index in [4.69, 9.17) is 11.6 Å². The van der Waals surface area contributed by atoms with Gasteiger partial charge >= 0.3 is 0 Å². The first-order valence-electron chi connectivity index (χ1n) is 4.11. The molecule has 0 unspecified atom stereocenters. The lowest BCUT2D eigenvalue weighted by atomic mass is 10.2. The molecule has 2 rings (SSSR count). The van der Waals surface area contributed by atoms with Gasteiger partial charge in [-0.2, -0.15) is 0 Å². The van der Waals surface area contributed by atoms with Gasteiger partial charge in [-0.25, -0.2) is 0 Å². The molecule has 68 valence electrons. The van der Waals surface area contributed by atoms with Gasteiger partial charge in [0.25, 0.3) is 0 Å². The minimum atomic E-state index is 0.812. The summed E-state index contributed by atoms with van der Waals surface area (Å²) in [5, 5.41) is 2.02. The lowest BCUT2D eigenvalue weighted by molar-refractivity contribution is 1.19. The molecule has 1 aromatic heterocycles. The van der Waals surface area contributed by atoms with Gasteiger partial charge in [0, 0.05) is 9.77 Å². The predicted octanol–water partition coefficient (Wildman–Crippen LogP) is 4.41. The Morgan fingerprint density at radius 1 is 1.38 bits per heavy atom. The molecule has 3 heteroatoms. The molecule has 0 amide bonds. The number of halogens is 1. The normalized spacial score (nSPS) is 11.0. The number of benzene rings is 1. The molecule has 0 radical (unpaired) electrons. The van der Waals surface area contributed by atoms with E-state index in [-0.39, 0.29) is 0 Å². The molecular weight excluding hydrogens is 220 g/mol. The summed E-state index contributed by atoms with van der Waals surface area (Å²) >= 11 is 12.1. The first-order valence-corrected chi connectivity index (χ1v) is 5.76. The van der Waals surface area contributed by atoms with Crippen LogP contribution < -0.4 is 0 Å². The van der Waals surface area contributed by atoms with E-state index in [1.54, 1.807) is 11.3 Å². The highest BCUT2D eigenvalue weighted by Gasteiger charge is 2.04. The van der Waals surface area contributed by atoms with Crippen LogP contribution in [-0.2, 0) is 6.42 Å². The minimum Gasteiger partial charge on any atom is -0.143 e. The molecule has 0 saturated heterocycles. The summed E-state index contributed by atoms with van der Waals surface area (Å²) in [5.41, 5.74) is 0. The Bertz CT molecular complexity index is 445. The maximum Gasteiger partial charge on any atom is 0.0595 e. The third-order valence-corrected chi connectivity index (χ3v) is 3.95. The van der Waals surface area contributed by atoms with Crippen molar-refractivity contribution in [3.63, 3.8) is 0 Å². The average Bonchev–Trinajstić information content (AvgIpc) is 2.47. The van der Waals surface area contributed by atoms with Crippen molar-refractivity contribution < 1.29 is 0 Å². The Morgan fingerprint density at radius 2 is 2.15 bits per heavy atom. The lowest BCUT2D eigenvalue weighted by Crippen LogP contribution is -1.67. The molecule has 0 bridgehead atoms. The molecule has 0 spiro atoms. The van der Waals surface area contributed by atoms with Crippen molar-refractivity contribution in [3.05, 3.63) is 28.1 Å². The Balaban J connectivity index is 2.75. The van der Waals surface area contributed by atoms with Crippen LogP contribution in [0.5, 0.6) is 0 Å². The smallest absolute Gasteiger partial charge is 0.0595 e. The second-order valence-electron chi connectivity index (χ2n) is 2.91. The summed E-state index contributed by atoms with van der Waals surface area (Å²) in [6.07, 6.45) is 1.07. The van der Waals surface area contributed by atoms with Crippen LogP contribution in [0.2, 0.25) is 5.02 Å². The number of aryl methyl sites for hydroxylation is 1. The molecule has 13 heavy (non-hydrogen) atoms. The van der Waals surface area contributed by atoms with E-state index in [1.807, 2.05) is 6.07 Å². The fraction of sp³-hybridized carbons (Fsp3) is 0.200. The van der Waals surface area contributed by atoms with E-state index in [2.05, 4.69) is 31.7 Å². The second-order valence-corrected chi connectivity index (χ2v) is 4.97. The van der Waals surface area contributed by atoms with Crippen LogP contribution in [0.4, 0.5) is 0 Å². The molecule has 0 aliphatic rings. The molecule has 0 atom stereocenters. The SMILES string of the molecule is CCc1cc2cc(S)cc(Cl)c2s1. The van der Waals surface area contributed by atoms with Crippen LogP contribution in [0.25, 0.3) is 10.1 Å². The summed E-state index contributed by atoms with van der Waals surface area (Å²) in [7, 11) is 0. The molecule has 0 aliphatic carbocycles. The predicted molar refractivity (Wildman–Crippen MR) is 63.5 cm³/mol. The summed E-state index contributed by atoms with van der Waals surface area (Å²) < 4.78 is 1.18. The van der Waals surface area contributed by atoms with Gasteiger partial charge in [0.15, 0.2) is 0 Å². The molecule has 0 aliphatic heterocycles. The number of thiophene rings is 1. The molecule has 0 fully saturated rings. The second kappa shape index (κ2) is 3.52. The third kappa shape index (κ3) is 1.71. The molecule has 1 heterocycles. The van der Waals surface area contributed by atoms with Crippen LogP contribution in [0.1, 0.15) is 11.8 Å². The van der Waals surface area contributed by atoms with Gasteiger partial charge in [-0.1, -0.05) is 18.5 Å². The standard InChI is InChI=1S/C10H9ClS2/c1-2-8-4-6-3-7(12)5-9(11)10(6)13-8/h3-5,12H,2H2,1H3. The van der Waals surface area contributed by atoms with Crippen molar-refractivity contribution in [1.82, 2.24) is 0 Å². The molecule has 0 saturated carbocycles. The molecular formula is C10H9ClS2. The monoisotopic (exact) mass is 228 g/mol. The highest BCUT2D eigenvalue weighted by molar-refractivity contribution is 7.80. The van der Waals surface area contributed by atoms with E-state index < -0.39 is 0 Å². The Hall–Kier alpha value is -0.180. The first kappa shape index (κ1) is 9.38. The maximum absolute atomic E-state index is 6.09. The Labute approximate surface area is 91.9 Å². The first-order chi connectivity index (χ1) is 6.20. The van der Waals surface area contributed by atoms with Gasteiger partial charge in [-0.3, -0.25) is 0 Å². The summed E-state index contributed by atoms with van der Waals surface area (Å²) in [6.45, 7) is 2.15. The fourth-order valence-electron chi connectivity index (χ4n) is 1.32. The molecule has 2 aromatic rings. The minimum absolute atomic E-state index is 0.812. The van der Waals surface area contributed by atoms with Crippen molar-refractivity contribution in [2.45, 2.75) is 18.2 Å². The van der Waals surface area contributed by atoms with Crippen LogP contribution >= 0.6 is 35.6 Å². The molecule has 0 N–H and O–H groups in total. The number of rotatable bonds is 1. The maximum atomic E-state index is 6.09. The molecule has 0 nitrogen and oxygen atoms in total. The highest BCUT2D eigenvalue weighted by atomic mass is 35.5. The van der Waals surface area contributed by atoms with Gasteiger partial charge in [-0.15, -0.1) is 24.0 Å². The molecule has 1 aromatic carbocycles.